The molecule has 0 aliphatic rings. The number of carbonyl (C=O) groups is 1. The van der Waals surface area contributed by atoms with Gasteiger partial charge in [0.15, 0.2) is 0 Å². The summed E-state index contributed by atoms with van der Waals surface area (Å²) >= 11 is 0. The lowest BCUT2D eigenvalue weighted by atomic mass is 10.2. The molecule has 0 bridgehead atoms. The van der Waals surface area contributed by atoms with E-state index in [0.29, 0.717) is 43.5 Å². The van der Waals surface area contributed by atoms with Crippen molar-refractivity contribution in [1.29, 1.82) is 0 Å². The van der Waals surface area contributed by atoms with Crippen LogP contribution >= 0.6 is 8.15 Å². The van der Waals surface area contributed by atoms with E-state index in [0.717, 1.165) is 11.1 Å². The number of benzene rings is 2. The first-order chi connectivity index (χ1) is 13.7. The van der Waals surface area contributed by atoms with Gasteiger partial charge in [-0.05, 0) is 50.2 Å². The number of hydrogen-bond acceptors (Lipinski definition) is 6. The third kappa shape index (κ3) is 5.68. The topological polar surface area (TPSA) is 63.2 Å². The summed E-state index contributed by atoms with van der Waals surface area (Å²) in [6, 6.07) is 12.7. The van der Waals surface area contributed by atoms with Crippen LogP contribution in [0.15, 0.2) is 42.5 Å². The standard InChI is InChI=1S/C21H27O6P/c1-5-25-14-15-27-28(17-12-10-16(11-13-17)26-6-2)21(22)20-18(23-3)8-7-9-19(20)24-4/h7-13H,5-6,14-15H2,1-4H3. The van der Waals surface area contributed by atoms with Crippen LogP contribution in [0.1, 0.15) is 24.2 Å². The van der Waals surface area contributed by atoms with Crippen molar-refractivity contribution in [2.24, 2.45) is 0 Å². The fraction of sp³-hybridized carbons (Fsp3) is 0.381. The maximum atomic E-state index is 13.5. The first-order valence-corrected chi connectivity index (χ1v) is 10.4. The lowest BCUT2D eigenvalue weighted by molar-refractivity contribution is 0.102. The van der Waals surface area contributed by atoms with Crippen molar-refractivity contribution in [3.8, 4) is 17.2 Å². The monoisotopic (exact) mass is 406 g/mol. The average molecular weight is 406 g/mol. The van der Waals surface area contributed by atoms with Crippen LogP contribution in [0.3, 0.4) is 0 Å². The minimum atomic E-state index is -1.61. The smallest absolute Gasteiger partial charge is 0.223 e. The number of hydrogen-bond donors (Lipinski definition) is 0. The van der Waals surface area contributed by atoms with E-state index in [1.54, 1.807) is 18.2 Å². The second-order valence-electron chi connectivity index (χ2n) is 5.59. The molecular formula is C21H27O6P. The normalized spacial score (nSPS) is 11.7. The third-order valence-electron chi connectivity index (χ3n) is 3.86. The van der Waals surface area contributed by atoms with Crippen LogP contribution in [0.2, 0.25) is 0 Å². The van der Waals surface area contributed by atoms with Gasteiger partial charge in [0.25, 0.3) is 0 Å². The first-order valence-electron chi connectivity index (χ1n) is 9.15. The second kappa shape index (κ2) is 11.6. The van der Waals surface area contributed by atoms with Crippen LogP contribution in [0.25, 0.3) is 0 Å². The number of rotatable bonds is 12. The molecule has 1 atom stereocenters. The number of ether oxygens (including phenoxy) is 4. The van der Waals surface area contributed by atoms with Crippen LogP contribution in [0, 0.1) is 0 Å². The summed E-state index contributed by atoms with van der Waals surface area (Å²) in [5.74, 6) is 1.66. The molecule has 0 aliphatic carbocycles. The van der Waals surface area contributed by atoms with Gasteiger partial charge in [-0.2, -0.15) is 0 Å². The van der Waals surface area contributed by atoms with E-state index in [1.807, 2.05) is 38.1 Å². The second-order valence-corrected chi connectivity index (χ2v) is 7.36. The molecule has 0 saturated heterocycles. The molecule has 0 heterocycles. The van der Waals surface area contributed by atoms with Crippen molar-refractivity contribution < 1.29 is 28.3 Å². The van der Waals surface area contributed by atoms with Gasteiger partial charge < -0.3 is 23.5 Å². The van der Waals surface area contributed by atoms with Crippen molar-refractivity contribution >= 4 is 19.0 Å². The number of methoxy groups -OCH3 is 2. The van der Waals surface area contributed by atoms with Gasteiger partial charge in [-0.15, -0.1) is 0 Å². The Labute approximate surface area is 167 Å². The van der Waals surface area contributed by atoms with E-state index in [1.165, 1.54) is 14.2 Å². The lowest BCUT2D eigenvalue weighted by Gasteiger charge is -2.20. The van der Waals surface area contributed by atoms with Gasteiger partial charge in [0.1, 0.15) is 31.0 Å². The minimum Gasteiger partial charge on any atom is -0.496 e. The Kier molecular flexibility index (Phi) is 9.21. The van der Waals surface area contributed by atoms with Crippen LogP contribution in [-0.4, -0.2) is 46.2 Å². The van der Waals surface area contributed by atoms with E-state index >= 15 is 0 Å². The molecule has 0 saturated carbocycles. The van der Waals surface area contributed by atoms with E-state index in [2.05, 4.69) is 0 Å². The molecule has 0 radical (unpaired) electrons. The molecule has 28 heavy (non-hydrogen) atoms. The highest BCUT2D eigenvalue weighted by molar-refractivity contribution is 7.78. The largest absolute Gasteiger partial charge is 0.496 e. The maximum absolute atomic E-state index is 13.5. The molecule has 2 aromatic rings. The Bertz CT molecular complexity index is 725. The van der Waals surface area contributed by atoms with Gasteiger partial charge in [-0.3, -0.25) is 4.79 Å². The summed E-state index contributed by atoms with van der Waals surface area (Å²) < 4.78 is 27.6. The Morgan fingerprint density at radius 1 is 0.893 bits per heavy atom. The quantitative estimate of drug-likeness (QED) is 0.392. The molecule has 0 spiro atoms. The van der Waals surface area contributed by atoms with Gasteiger partial charge >= 0.3 is 0 Å². The fourth-order valence-corrected chi connectivity index (χ4v) is 4.19. The van der Waals surface area contributed by atoms with Gasteiger partial charge in [0.2, 0.25) is 5.52 Å². The average Bonchev–Trinajstić information content (AvgIpc) is 2.73. The van der Waals surface area contributed by atoms with Crippen molar-refractivity contribution in [3.05, 3.63) is 48.0 Å². The van der Waals surface area contributed by atoms with Crippen molar-refractivity contribution in [1.82, 2.24) is 0 Å². The van der Waals surface area contributed by atoms with Crippen LogP contribution in [-0.2, 0) is 9.26 Å². The molecule has 152 valence electrons. The molecule has 0 N–H and O–H groups in total. The van der Waals surface area contributed by atoms with Crippen LogP contribution in [0.4, 0.5) is 0 Å². The highest BCUT2D eigenvalue weighted by Crippen LogP contribution is 2.45. The summed E-state index contributed by atoms with van der Waals surface area (Å²) in [6.07, 6.45) is 0. The molecule has 0 aromatic heterocycles. The van der Waals surface area contributed by atoms with Crippen molar-refractivity contribution in [2.45, 2.75) is 13.8 Å². The predicted molar refractivity (Wildman–Crippen MR) is 110 cm³/mol. The highest BCUT2D eigenvalue weighted by atomic mass is 31.1. The van der Waals surface area contributed by atoms with E-state index < -0.39 is 8.15 Å². The number of carbonyl (C=O) groups excluding carboxylic acids is 1. The first kappa shape index (κ1) is 22.2. The molecule has 2 rings (SSSR count). The van der Waals surface area contributed by atoms with Gasteiger partial charge in [0, 0.05) is 11.9 Å². The van der Waals surface area contributed by atoms with Crippen LogP contribution in [0.5, 0.6) is 17.2 Å². The Hall–Kier alpha value is -2.14. The van der Waals surface area contributed by atoms with Gasteiger partial charge in [-0.1, -0.05) is 6.07 Å². The molecule has 1 unspecified atom stereocenters. The Morgan fingerprint density at radius 3 is 2.07 bits per heavy atom. The molecule has 0 fully saturated rings. The highest BCUT2D eigenvalue weighted by Gasteiger charge is 2.29. The molecule has 0 aliphatic heterocycles. The summed E-state index contributed by atoms with van der Waals surface area (Å²) in [4.78, 5) is 13.5. The third-order valence-corrected chi connectivity index (χ3v) is 5.66. The fourth-order valence-electron chi connectivity index (χ4n) is 2.59. The molecule has 7 heteroatoms. The van der Waals surface area contributed by atoms with Crippen molar-refractivity contribution in [3.63, 3.8) is 0 Å². The Morgan fingerprint density at radius 2 is 1.54 bits per heavy atom. The Balaban J connectivity index is 2.36. The zero-order valence-electron chi connectivity index (χ0n) is 16.8. The van der Waals surface area contributed by atoms with Crippen LogP contribution < -0.4 is 19.5 Å². The summed E-state index contributed by atoms with van der Waals surface area (Å²) in [5, 5.41) is 0.785. The zero-order valence-corrected chi connectivity index (χ0v) is 17.7. The van der Waals surface area contributed by atoms with E-state index in [4.69, 9.17) is 23.5 Å². The molecule has 2 aromatic carbocycles. The van der Waals surface area contributed by atoms with E-state index in [-0.39, 0.29) is 5.52 Å². The SMILES string of the molecule is CCOCCOP(C(=O)c1c(OC)cccc1OC)c1ccc(OCC)cc1. The minimum absolute atomic E-state index is 0.176. The van der Waals surface area contributed by atoms with Gasteiger partial charge in [-0.25, -0.2) is 0 Å². The zero-order chi connectivity index (χ0) is 20.4. The van der Waals surface area contributed by atoms with Gasteiger partial charge in [0.05, 0.1) is 34.0 Å². The molecular weight excluding hydrogens is 379 g/mol. The molecule has 6 nitrogen and oxygen atoms in total. The predicted octanol–water partition coefficient (Wildman–Crippen LogP) is 4.02. The summed E-state index contributed by atoms with van der Waals surface area (Å²) in [6.45, 7) is 5.75. The van der Waals surface area contributed by atoms with E-state index in [9.17, 15) is 4.79 Å². The maximum Gasteiger partial charge on any atom is 0.223 e. The lowest BCUT2D eigenvalue weighted by Crippen LogP contribution is -2.15. The summed E-state index contributed by atoms with van der Waals surface area (Å²) in [5.41, 5.74) is 0.203. The summed E-state index contributed by atoms with van der Waals surface area (Å²) in [7, 11) is 1.45. The van der Waals surface area contributed by atoms with Crippen molar-refractivity contribution in [2.75, 3.05) is 40.6 Å². The molecule has 0 amide bonds.